The van der Waals surface area contributed by atoms with Gasteiger partial charge in [0.15, 0.2) is 0 Å². The first kappa shape index (κ1) is 26.4. The third-order valence-corrected chi connectivity index (χ3v) is 4.53. The quantitative estimate of drug-likeness (QED) is 0.267. The predicted octanol–water partition coefficient (Wildman–Crippen LogP) is 5.66. The number of aliphatic hydroxyl groups is 2. The summed E-state index contributed by atoms with van der Waals surface area (Å²) < 4.78 is 109. The zero-order valence-electron chi connectivity index (χ0n) is 15.3. The molecule has 0 spiro atoms. The van der Waals surface area contributed by atoms with Crippen molar-refractivity contribution < 1.29 is 45.3 Å². The van der Waals surface area contributed by atoms with Gasteiger partial charge in [-0.05, 0) is 19.3 Å². The van der Waals surface area contributed by atoms with Crippen LogP contribution in [0.1, 0.15) is 64.7 Å². The maximum Gasteiger partial charge on any atom is 0.378 e. The Morgan fingerprint density at radius 1 is 0.630 bits per heavy atom. The van der Waals surface area contributed by atoms with E-state index in [0.29, 0.717) is 6.42 Å². The lowest BCUT2D eigenvalue weighted by atomic mass is 9.92. The third-order valence-electron chi connectivity index (χ3n) is 4.53. The summed E-state index contributed by atoms with van der Waals surface area (Å²) in [5, 5.41) is 17.7. The maximum atomic E-state index is 13.7. The largest absolute Gasteiger partial charge is 0.396 e. The highest BCUT2D eigenvalue weighted by molar-refractivity contribution is 5.03. The van der Waals surface area contributed by atoms with E-state index in [1.807, 2.05) is 0 Å². The number of halogens is 8. The fourth-order valence-electron chi connectivity index (χ4n) is 2.57. The van der Waals surface area contributed by atoms with E-state index in [9.17, 15) is 35.1 Å². The number of rotatable bonds is 15. The molecule has 0 radical (unpaired) electrons. The lowest BCUT2D eigenvalue weighted by Gasteiger charge is -2.37. The molecule has 0 heterocycles. The van der Waals surface area contributed by atoms with Crippen LogP contribution in [0.3, 0.4) is 0 Å². The van der Waals surface area contributed by atoms with E-state index in [2.05, 4.69) is 0 Å². The second kappa shape index (κ2) is 10.8. The van der Waals surface area contributed by atoms with Gasteiger partial charge in [0.2, 0.25) is 0 Å². The third kappa shape index (κ3) is 6.73. The Morgan fingerprint density at radius 3 is 1.41 bits per heavy atom. The molecule has 0 aliphatic rings. The van der Waals surface area contributed by atoms with E-state index >= 15 is 0 Å². The monoisotopic (exact) mass is 416 g/mol. The summed E-state index contributed by atoms with van der Waals surface area (Å²) in [7, 11) is 0. The van der Waals surface area contributed by atoms with E-state index in [4.69, 9.17) is 10.2 Å². The van der Waals surface area contributed by atoms with Gasteiger partial charge < -0.3 is 10.2 Å². The van der Waals surface area contributed by atoms with E-state index in [-0.39, 0.29) is 38.9 Å². The van der Waals surface area contributed by atoms with E-state index < -0.39 is 55.3 Å². The van der Waals surface area contributed by atoms with Gasteiger partial charge in [0, 0.05) is 32.0 Å². The molecule has 0 aromatic carbocycles. The van der Waals surface area contributed by atoms with Crippen molar-refractivity contribution in [1.82, 2.24) is 0 Å². The lowest BCUT2D eigenvalue weighted by Crippen LogP contribution is -2.62. The summed E-state index contributed by atoms with van der Waals surface area (Å²) in [6.07, 6.45) is -3.47. The summed E-state index contributed by atoms with van der Waals surface area (Å²) in [6, 6.07) is 0. The molecule has 0 aliphatic heterocycles. The average Bonchev–Trinajstić information content (AvgIpc) is 2.57. The smallest absolute Gasteiger partial charge is 0.378 e. The Labute approximate surface area is 153 Å². The topological polar surface area (TPSA) is 40.5 Å². The normalized spacial score (nSPS) is 14.2. The molecule has 0 saturated carbocycles. The van der Waals surface area contributed by atoms with Gasteiger partial charge in [0.25, 0.3) is 0 Å². The molecular weight excluding hydrogens is 388 g/mol. The first-order valence-corrected chi connectivity index (χ1v) is 9.03. The minimum Gasteiger partial charge on any atom is -0.396 e. The van der Waals surface area contributed by atoms with Crippen LogP contribution in [0.4, 0.5) is 35.1 Å². The van der Waals surface area contributed by atoms with Crippen molar-refractivity contribution in [3.8, 4) is 0 Å². The van der Waals surface area contributed by atoms with Gasteiger partial charge in [-0.25, -0.2) is 0 Å². The van der Waals surface area contributed by atoms with Crippen molar-refractivity contribution in [1.29, 1.82) is 0 Å². The number of hydrogen-bond donors (Lipinski definition) is 2. The molecule has 0 amide bonds. The van der Waals surface area contributed by atoms with Gasteiger partial charge >= 0.3 is 23.7 Å². The Hall–Kier alpha value is -0.640. The van der Waals surface area contributed by atoms with Gasteiger partial charge in [0.05, 0.1) is 0 Å². The molecule has 164 valence electrons. The van der Waals surface area contributed by atoms with E-state index in [1.54, 1.807) is 6.92 Å². The van der Waals surface area contributed by atoms with Gasteiger partial charge in [0.1, 0.15) is 0 Å². The number of aliphatic hydroxyl groups excluding tert-OH is 2. The Morgan fingerprint density at radius 2 is 1.04 bits per heavy atom. The Balaban J connectivity index is 4.87. The summed E-state index contributed by atoms with van der Waals surface area (Å²) in [4.78, 5) is 0. The van der Waals surface area contributed by atoms with Crippen molar-refractivity contribution in [2.45, 2.75) is 88.4 Å². The van der Waals surface area contributed by atoms with Crippen molar-refractivity contribution >= 4 is 0 Å². The molecule has 0 saturated heterocycles. The molecule has 27 heavy (non-hydrogen) atoms. The molecule has 0 bridgehead atoms. The van der Waals surface area contributed by atoms with Crippen LogP contribution in [0, 0.1) is 5.92 Å². The van der Waals surface area contributed by atoms with Crippen molar-refractivity contribution in [2.75, 3.05) is 13.2 Å². The van der Waals surface area contributed by atoms with Crippen molar-refractivity contribution in [3.63, 3.8) is 0 Å². The van der Waals surface area contributed by atoms with Crippen molar-refractivity contribution in [2.24, 2.45) is 5.92 Å². The lowest BCUT2D eigenvalue weighted by molar-refractivity contribution is -0.368. The minimum absolute atomic E-state index is 0.0549. The van der Waals surface area contributed by atoms with Crippen LogP contribution in [0.25, 0.3) is 0 Å². The molecular formula is C17H28F8O2. The van der Waals surface area contributed by atoms with Gasteiger partial charge in [-0.3, -0.25) is 0 Å². The fraction of sp³-hybridized carbons (Fsp3) is 1.00. The highest BCUT2D eigenvalue weighted by atomic mass is 19.4. The van der Waals surface area contributed by atoms with Crippen LogP contribution >= 0.6 is 0 Å². The first-order valence-electron chi connectivity index (χ1n) is 9.03. The minimum atomic E-state index is -6.19. The summed E-state index contributed by atoms with van der Waals surface area (Å²) in [5.41, 5.74) is 0. The zero-order valence-corrected chi connectivity index (χ0v) is 15.3. The second-order valence-corrected chi connectivity index (χ2v) is 6.85. The predicted molar refractivity (Wildman–Crippen MR) is 84.7 cm³/mol. The van der Waals surface area contributed by atoms with Crippen LogP contribution in [0.5, 0.6) is 0 Å². The molecule has 0 fully saturated rings. The van der Waals surface area contributed by atoms with Crippen LogP contribution in [-0.4, -0.2) is 47.1 Å². The molecule has 0 aromatic rings. The fourth-order valence-corrected chi connectivity index (χ4v) is 2.57. The van der Waals surface area contributed by atoms with Crippen LogP contribution in [0.15, 0.2) is 0 Å². The molecule has 2 N–H and O–H groups in total. The number of unbranched alkanes of at least 4 members (excludes halogenated alkanes) is 4. The van der Waals surface area contributed by atoms with E-state index in [0.717, 1.165) is 0 Å². The number of alkyl halides is 8. The van der Waals surface area contributed by atoms with Crippen LogP contribution in [0.2, 0.25) is 0 Å². The molecule has 0 aromatic heterocycles. The molecule has 0 rings (SSSR count). The zero-order chi connectivity index (χ0) is 21.4. The van der Waals surface area contributed by atoms with Crippen LogP contribution in [-0.2, 0) is 0 Å². The van der Waals surface area contributed by atoms with Crippen LogP contribution < -0.4 is 0 Å². The van der Waals surface area contributed by atoms with E-state index in [1.165, 1.54) is 0 Å². The molecule has 0 unspecified atom stereocenters. The van der Waals surface area contributed by atoms with Gasteiger partial charge in [-0.15, -0.1) is 0 Å². The summed E-state index contributed by atoms with van der Waals surface area (Å²) in [5.74, 6) is -23.4. The first-order chi connectivity index (χ1) is 12.3. The Kier molecular flexibility index (Phi) is 10.5. The SMILES string of the molecule is CCCCCC(F)(F)C(F)(F)C(F)(F)C(F)(F)CCCCCC(CO)CO. The van der Waals surface area contributed by atoms with Crippen molar-refractivity contribution in [3.05, 3.63) is 0 Å². The second-order valence-electron chi connectivity index (χ2n) is 6.85. The maximum absolute atomic E-state index is 13.7. The highest BCUT2D eigenvalue weighted by Gasteiger charge is 2.79. The molecule has 0 atom stereocenters. The standard InChI is InChI=1S/C17H28F8O2/c1-2-3-6-9-14(18,19)16(22,23)17(24,25)15(20,21)10-7-4-5-8-13(11-26)12-27/h13,26-27H,2-12H2,1H3. The number of hydrogen-bond acceptors (Lipinski definition) is 2. The molecule has 10 heteroatoms. The Bertz CT molecular complexity index is 412. The van der Waals surface area contributed by atoms with Gasteiger partial charge in [-0.1, -0.05) is 32.6 Å². The summed E-state index contributed by atoms with van der Waals surface area (Å²) in [6.45, 7) is 0.899. The van der Waals surface area contributed by atoms with Gasteiger partial charge in [-0.2, -0.15) is 35.1 Å². The average molecular weight is 416 g/mol. The molecule has 2 nitrogen and oxygen atoms in total. The highest BCUT2D eigenvalue weighted by Crippen LogP contribution is 2.55. The summed E-state index contributed by atoms with van der Waals surface area (Å²) >= 11 is 0. The molecule has 0 aliphatic carbocycles.